The van der Waals surface area contributed by atoms with Crippen molar-refractivity contribution in [1.29, 1.82) is 0 Å². The quantitative estimate of drug-likeness (QED) is 0.643. The summed E-state index contributed by atoms with van der Waals surface area (Å²) in [4.78, 5) is 1.86. The summed E-state index contributed by atoms with van der Waals surface area (Å²) in [7, 11) is -6.31. The van der Waals surface area contributed by atoms with Crippen LogP contribution in [-0.2, 0) is 20.0 Å². The molecule has 1 fully saturated rings. The normalized spacial score (nSPS) is 16.6. The Hall–Kier alpha value is -1.98. The first-order valence-electron chi connectivity index (χ1n) is 9.21. The summed E-state index contributed by atoms with van der Waals surface area (Å²) in [5.41, 5.74) is 0.980. The molecule has 1 heterocycles. The smallest absolute Gasteiger partial charge is 0.240 e. The number of primary sulfonamides is 1. The number of hydrogen-bond donors (Lipinski definition) is 2. The van der Waals surface area contributed by atoms with Crippen molar-refractivity contribution < 1.29 is 21.6 Å². The third kappa shape index (κ3) is 5.34. The number of methoxy groups -OCH3 is 1. The van der Waals surface area contributed by atoms with Gasteiger partial charge in [0, 0.05) is 12.6 Å². The molecule has 3 rings (SSSR count). The second-order valence-corrected chi connectivity index (χ2v) is 10.2. The Balaban J connectivity index is 1.82. The minimum atomic E-state index is -3.99. The molecule has 2 aromatic carbocycles. The van der Waals surface area contributed by atoms with E-state index in [0.29, 0.717) is 0 Å². The lowest BCUT2D eigenvalue weighted by molar-refractivity contribution is 0.246. The Bertz CT molecular complexity index is 1050. The fraction of sp³-hybridized carbons (Fsp3) is 0.368. The number of likely N-dealkylation sites (tertiary alicyclic amines) is 1. The predicted molar refractivity (Wildman–Crippen MR) is 110 cm³/mol. The molecule has 0 aliphatic carbocycles. The Kier molecular flexibility index (Phi) is 6.59. The molecule has 0 amide bonds. The van der Waals surface area contributed by atoms with Crippen molar-refractivity contribution in [2.75, 3.05) is 26.7 Å². The van der Waals surface area contributed by atoms with Gasteiger partial charge >= 0.3 is 0 Å². The van der Waals surface area contributed by atoms with E-state index in [-0.39, 0.29) is 22.4 Å². The molecular weight excluding hydrogens is 414 g/mol. The van der Waals surface area contributed by atoms with Crippen LogP contribution in [0.1, 0.15) is 24.4 Å². The van der Waals surface area contributed by atoms with Gasteiger partial charge in [-0.3, -0.25) is 4.90 Å². The Morgan fingerprint density at radius 1 is 1.03 bits per heavy atom. The molecule has 0 aromatic heterocycles. The van der Waals surface area contributed by atoms with Gasteiger partial charge in [-0.15, -0.1) is 0 Å². The fourth-order valence-electron chi connectivity index (χ4n) is 3.43. The van der Waals surface area contributed by atoms with Crippen molar-refractivity contribution in [3.8, 4) is 5.75 Å². The average Bonchev–Trinajstić information content (AvgIpc) is 3.22. The number of benzene rings is 2. The highest BCUT2D eigenvalue weighted by Gasteiger charge is 2.26. The number of nitrogens with two attached hydrogens (primary N) is 1. The number of nitrogens with one attached hydrogen (secondary N) is 1. The highest BCUT2D eigenvalue weighted by atomic mass is 32.2. The number of sulfonamides is 2. The van der Waals surface area contributed by atoms with E-state index >= 15 is 0 Å². The van der Waals surface area contributed by atoms with Crippen molar-refractivity contribution in [3.05, 3.63) is 54.1 Å². The maximum Gasteiger partial charge on any atom is 0.240 e. The fourth-order valence-corrected chi connectivity index (χ4v) is 5.15. The van der Waals surface area contributed by atoms with Crippen LogP contribution in [0.3, 0.4) is 0 Å². The van der Waals surface area contributed by atoms with E-state index in [1.54, 1.807) is 7.11 Å². The first kappa shape index (κ1) is 21.7. The maximum atomic E-state index is 12.8. The maximum absolute atomic E-state index is 12.8. The molecule has 0 radical (unpaired) electrons. The Labute approximate surface area is 171 Å². The highest BCUT2D eigenvalue weighted by Crippen LogP contribution is 2.27. The summed E-state index contributed by atoms with van der Waals surface area (Å²) >= 11 is 0. The zero-order valence-corrected chi connectivity index (χ0v) is 17.7. The van der Waals surface area contributed by atoms with Gasteiger partial charge < -0.3 is 4.74 Å². The standard InChI is InChI=1S/C19H25N3O5S2/c1-27-16-9-7-15(8-10-16)19(22-11-2-3-12-22)14-21-29(25,26)18-6-4-5-17(13-18)28(20,23)24/h4-10,13,19,21H,2-3,11-12,14H2,1H3,(H2,20,23,24). The van der Waals surface area contributed by atoms with Crippen molar-refractivity contribution in [1.82, 2.24) is 9.62 Å². The number of ether oxygens (including phenoxy) is 1. The third-order valence-corrected chi connectivity index (χ3v) is 7.33. The molecular formula is C19H25N3O5S2. The van der Waals surface area contributed by atoms with Gasteiger partial charge in [0.05, 0.1) is 16.9 Å². The molecule has 0 spiro atoms. The minimum Gasteiger partial charge on any atom is -0.497 e. The van der Waals surface area contributed by atoms with Crippen LogP contribution in [0.25, 0.3) is 0 Å². The van der Waals surface area contributed by atoms with E-state index in [1.807, 2.05) is 24.3 Å². The first-order chi connectivity index (χ1) is 13.7. The number of rotatable bonds is 8. The average molecular weight is 440 g/mol. The van der Waals surface area contributed by atoms with Crippen LogP contribution in [0.4, 0.5) is 0 Å². The van der Waals surface area contributed by atoms with Gasteiger partial charge in [-0.05, 0) is 61.8 Å². The van der Waals surface area contributed by atoms with Crippen LogP contribution in [0, 0.1) is 0 Å². The molecule has 3 N–H and O–H groups in total. The van der Waals surface area contributed by atoms with Gasteiger partial charge in [-0.25, -0.2) is 26.7 Å². The predicted octanol–water partition coefficient (Wildman–Crippen LogP) is 1.46. The van der Waals surface area contributed by atoms with Crippen LogP contribution in [0.15, 0.2) is 58.3 Å². The van der Waals surface area contributed by atoms with Crippen LogP contribution < -0.4 is 14.6 Å². The summed E-state index contributed by atoms with van der Waals surface area (Å²) in [5, 5.41) is 5.11. The molecule has 158 valence electrons. The molecule has 8 nitrogen and oxygen atoms in total. The van der Waals surface area contributed by atoms with Crippen LogP contribution in [0.5, 0.6) is 5.75 Å². The highest BCUT2D eigenvalue weighted by molar-refractivity contribution is 7.90. The minimum absolute atomic E-state index is 0.139. The molecule has 1 unspecified atom stereocenters. The van der Waals surface area contributed by atoms with E-state index in [9.17, 15) is 16.8 Å². The molecule has 1 saturated heterocycles. The van der Waals surface area contributed by atoms with Crippen LogP contribution in [0.2, 0.25) is 0 Å². The summed E-state index contributed by atoms with van der Waals surface area (Å²) in [6.45, 7) is 1.94. The number of nitrogens with zero attached hydrogens (tertiary/aromatic N) is 1. The summed E-state index contributed by atoms with van der Waals surface area (Å²) in [6, 6.07) is 12.4. The van der Waals surface area contributed by atoms with E-state index in [0.717, 1.165) is 43.3 Å². The molecule has 1 aliphatic heterocycles. The van der Waals surface area contributed by atoms with Crippen LogP contribution >= 0.6 is 0 Å². The van der Waals surface area contributed by atoms with E-state index in [1.165, 1.54) is 18.2 Å². The van der Waals surface area contributed by atoms with E-state index in [4.69, 9.17) is 9.88 Å². The summed E-state index contributed by atoms with van der Waals surface area (Å²) < 4.78 is 56.4. The Morgan fingerprint density at radius 2 is 1.66 bits per heavy atom. The second kappa shape index (κ2) is 8.80. The van der Waals surface area contributed by atoms with Gasteiger partial charge in [0.1, 0.15) is 5.75 Å². The van der Waals surface area contributed by atoms with Gasteiger partial charge in [-0.1, -0.05) is 18.2 Å². The SMILES string of the molecule is COc1ccc(C(CNS(=O)(=O)c2cccc(S(N)(=O)=O)c2)N2CCCC2)cc1. The van der Waals surface area contributed by atoms with Crippen molar-refractivity contribution in [3.63, 3.8) is 0 Å². The molecule has 0 saturated carbocycles. The molecule has 1 aliphatic rings. The lowest BCUT2D eigenvalue weighted by Gasteiger charge is -2.28. The van der Waals surface area contributed by atoms with Gasteiger partial charge in [-0.2, -0.15) is 0 Å². The largest absolute Gasteiger partial charge is 0.497 e. The zero-order valence-electron chi connectivity index (χ0n) is 16.1. The molecule has 29 heavy (non-hydrogen) atoms. The topological polar surface area (TPSA) is 119 Å². The molecule has 0 bridgehead atoms. The third-order valence-electron chi connectivity index (χ3n) is 4.99. The van der Waals surface area contributed by atoms with E-state index < -0.39 is 20.0 Å². The zero-order chi connectivity index (χ0) is 21.1. The monoisotopic (exact) mass is 439 g/mol. The van der Waals surface area contributed by atoms with Crippen LogP contribution in [-0.4, -0.2) is 48.5 Å². The molecule has 2 aromatic rings. The van der Waals surface area contributed by atoms with Crippen molar-refractivity contribution in [2.45, 2.75) is 28.7 Å². The van der Waals surface area contributed by atoms with Gasteiger partial charge in [0.15, 0.2) is 0 Å². The molecule has 10 heteroatoms. The first-order valence-corrected chi connectivity index (χ1v) is 12.2. The van der Waals surface area contributed by atoms with Crippen molar-refractivity contribution >= 4 is 20.0 Å². The second-order valence-electron chi connectivity index (χ2n) is 6.90. The lowest BCUT2D eigenvalue weighted by atomic mass is 10.1. The summed E-state index contributed by atoms with van der Waals surface area (Å²) in [6.07, 6.45) is 2.13. The number of hydrogen-bond acceptors (Lipinski definition) is 6. The lowest BCUT2D eigenvalue weighted by Crippen LogP contribution is -2.36. The van der Waals surface area contributed by atoms with E-state index in [2.05, 4.69) is 9.62 Å². The molecule has 1 atom stereocenters. The van der Waals surface area contributed by atoms with Gasteiger partial charge in [0.25, 0.3) is 0 Å². The van der Waals surface area contributed by atoms with Gasteiger partial charge in [0.2, 0.25) is 20.0 Å². The Morgan fingerprint density at radius 3 is 2.24 bits per heavy atom. The summed E-state index contributed by atoms with van der Waals surface area (Å²) in [5.74, 6) is 0.731. The van der Waals surface area contributed by atoms with Crippen molar-refractivity contribution in [2.24, 2.45) is 5.14 Å².